The third-order valence-electron chi connectivity index (χ3n) is 4.31. The first-order valence-corrected chi connectivity index (χ1v) is 10.2. The number of nitrogens with zero attached hydrogens (tertiary/aromatic N) is 1. The minimum absolute atomic E-state index is 0.0668. The van der Waals surface area contributed by atoms with Gasteiger partial charge in [0.05, 0.1) is 11.6 Å². The van der Waals surface area contributed by atoms with Crippen LogP contribution in [0.5, 0.6) is 0 Å². The number of rotatable bonds is 2. The van der Waals surface area contributed by atoms with E-state index in [2.05, 4.69) is 40.8 Å². The van der Waals surface area contributed by atoms with Gasteiger partial charge in [-0.1, -0.05) is 6.07 Å². The molecule has 1 aliphatic rings. The summed E-state index contributed by atoms with van der Waals surface area (Å²) in [6.07, 6.45) is 0.961. The summed E-state index contributed by atoms with van der Waals surface area (Å²) in [5.74, 6) is 0.169. The SMILES string of the molecule is Cc1cc(C(=O)N2CCc3sccc3C2c2cccs2)c(C)s1. The third-order valence-corrected chi connectivity index (χ3v) is 7.20. The van der Waals surface area contributed by atoms with Crippen molar-refractivity contribution in [3.63, 3.8) is 0 Å². The molecule has 0 N–H and O–H groups in total. The topological polar surface area (TPSA) is 20.3 Å². The van der Waals surface area contributed by atoms with Crippen LogP contribution in [0.3, 0.4) is 0 Å². The Bertz CT molecular complexity index is 844. The van der Waals surface area contributed by atoms with Crippen molar-refractivity contribution in [1.82, 2.24) is 4.90 Å². The van der Waals surface area contributed by atoms with Crippen LogP contribution in [0.15, 0.2) is 35.0 Å². The molecule has 0 aliphatic carbocycles. The van der Waals surface area contributed by atoms with Crippen LogP contribution in [-0.4, -0.2) is 17.4 Å². The molecule has 2 nitrogen and oxygen atoms in total. The number of thiophene rings is 3. The second-order valence-electron chi connectivity index (χ2n) is 5.79. The first kappa shape index (κ1) is 15.1. The fourth-order valence-corrected chi connectivity index (χ4v) is 5.96. The van der Waals surface area contributed by atoms with Crippen molar-refractivity contribution in [1.29, 1.82) is 0 Å². The Hall–Kier alpha value is -1.43. The Kier molecular flexibility index (Phi) is 3.87. The van der Waals surface area contributed by atoms with Crippen molar-refractivity contribution >= 4 is 39.9 Å². The minimum Gasteiger partial charge on any atom is -0.326 e. The van der Waals surface area contributed by atoms with Gasteiger partial charge < -0.3 is 4.90 Å². The van der Waals surface area contributed by atoms with Gasteiger partial charge in [0.25, 0.3) is 5.91 Å². The van der Waals surface area contributed by atoms with Crippen LogP contribution in [0.4, 0.5) is 0 Å². The monoisotopic (exact) mass is 359 g/mol. The van der Waals surface area contributed by atoms with Gasteiger partial charge >= 0.3 is 0 Å². The van der Waals surface area contributed by atoms with Gasteiger partial charge in [-0.3, -0.25) is 4.79 Å². The predicted octanol–water partition coefficient (Wildman–Crippen LogP) is 5.28. The number of fused-ring (bicyclic) bond motifs is 1. The Morgan fingerprint density at radius 2 is 2.09 bits per heavy atom. The van der Waals surface area contributed by atoms with E-state index in [-0.39, 0.29) is 11.9 Å². The number of carbonyl (C=O) groups is 1. The van der Waals surface area contributed by atoms with Crippen molar-refractivity contribution in [2.24, 2.45) is 0 Å². The van der Waals surface area contributed by atoms with Gasteiger partial charge in [0.2, 0.25) is 0 Å². The molecule has 0 aromatic carbocycles. The molecule has 1 unspecified atom stereocenters. The van der Waals surface area contributed by atoms with E-state index in [1.165, 1.54) is 20.2 Å². The molecule has 0 fully saturated rings. The van der Waals surface area contributed by atoms with E-state index < -0.39 is 0 Å². The Morgan fingerprint density at radius 3 is 2.78 bits per heavy atom. The lowest BCUT2D eigenvalue weighted by Gasteiger charge is -2.35. The molecule has 0 radical (unpaired) electrons. The molecule has 4 rings (SSSR count). The van der Waals surface area contributed by atoms with Crippen LogP contribution < -0.4 is 0 Å². The summed E-state index contributed by atoms with van der Waals surface area (Å²) in [6, 6.07) is 8.52. The molecule has 5 heteroatoms. The number of aryl methyl sites for hydroxylation is 2. The lowest BCUT2D eigenvalue weighted by atomic mass is 9.97. The van der Waals surface area contributed by atoms with E-state index in [1.807, 2.05) is 24.3 Å². The molecule has 23 heavy (non-hydrogen) atoms. The molecule has 1 atom stereocenters. The molecule has 0 bridgehead atoms. The normalized spacial score (nSPS) is 17.3. The standard InChI is InChI=1S/C18H17NOS3/c1-11-10-14(12(2)23-11)18(20)19-7-5-15-13(6-9-22-15)17(19)16-4-3-8-21-16/h3-4,6,8-10,17H,5,7H2,1-2H3. The van der Waals surface area contributed by atoms with Crippen LogP contribution in [-0.2, 0) is 6.42 Å². The van der Waals surface area contributed by atoms with Crippen molar-refractivity contribution in [2.45, 2.75) is 26.3 Å². The van der Waals surface area contributed by atoms with E-state index in [1.54, 1.807) is 22.7 Å². The highest BCUT2D eigenvalue weighted by Crippen LogP contribution is 2.40. The maximum Gasteiger partial charge on any atom is 0.255 e. The third kappa shape index (κ3) is 2.57. The van der Waals surface area contributed by atoms with E-state index in [0.717, 1.165) is 23.4 Å². The largest absolute Gasteiger partial charge is 0.326 e. The highest BCUT2D eigenvalue weighted by Gasteiger charge is 2.34. The van der Waals surface area contributed by atoms with Crippen LogP contribution in [0.2, 0.25) is 0 Å². The summed E-state index contributed by atoms with van der Waals surface area (Å²) in [5, 5.41) is 4.25. The molecular weight excluding hydrogens is 342 g/mol. The lowest BCUT2D eigenvalue weighted by molar-refractivity contribution is 0.0698. The molecule has 3 aromatic rings. The quantitative estimate of drug-likeness (QED) is 0.610. The number of amides is 1. The molecule has 0 saturated carbocycles. The molecule has 0 saturated heterocycles. The van der Waals surface area contributed by atoms with Crippen LogP contribution in [0.1, 0.15) is 41.5 Å². The summed E-state index contributed by atoms with van der Waals surface area (Å²) in [4.78, 5) is 20.3. The van der Waals surface area contributed by atoms with Gasteiger partial charge in [-0.2, -0.15) is 0 Å². The molecular formula is C18H17NOS3. The van der Waals surface area contributed by atoms with Crippen LogP contribution >= 0.6 is 34.0 Å². The zero-order valence-corrected chi connectivity index (χ0v) is 15.5. The summed E-state index contributed by atoms with van der Waals surface area (Å²) in [6.45, 7) is 4.91. The number of hydrogen-bond donors (Lipinski definition) is 0. The Labute approximate surface area is 148 Å². The molecule has 4 heterocycles. The smallest absolute Gasteiger partial charge is 0.255 e. The first-order valence-electron chi connectivity index (χ1n) is 7.63. The van der Waals surface area contributed by atoms with Gasteiger partial charge in [0.15, 0.2) is 0 Å². The predicted molar refractivity (Wildman–Crippen MR) is 99.0 cm³/mol. The van der Waals surface area contributed by atoms with Crippen molar-refractivity contribution in [3.8, 4) is 0 Å². The van der Waals surface area contributed by atoms with E-state index in [0.29, 0.717) is 0 Å². The lowest BCUT2D eigenvalue weighted by Crippen LogP contribution is -2.39. The zero-order valence-electron chi connectivity index (χ0n) is 13.0. The van der Waals surface area contributed by atoms with Gasteiger partial charge in [-0.25, -0.2) is 0 Å². The summed E-state index contributed by atoms with van der Waals surface area (Å²) in [5.41, 5.74) is 2.18. The maximum absolute atomic E-state index is 13.2. The Morgan fingerprint density at radius 1 is 1.22 bits per heavy atom. The van der Waals surface area contributed by atoms with Crippen molar-refractivity contribution < 1.29 is 4.79 Å². The highest BCUT2D eigenvalue weighted by atomic mass is 32.1. The summed E-state index contributed by atoms with van der Waals surface area (Å²) in [7, 11) is 0. The Balaban J connectivity index is 1.78. The van der Waals surface area contributed by atoms with Crippen molar-refractivity contribution in [2.75, 3.05) is 6.54 Å². The molecule has 1 aliphatic heterocycles. The highest BCUT2D eigenvalue weighted by molar-refractivity contribution is 7.12. The maximum atomic E-state index is 13.2. The van der Waals surface area contributed by atoms with Gasteiger partial charge in [0.1, 0.15) is 0 Å². The first-order chi connectivity index (χ1) is 11.1. The molecule has 3 aromatic heterocycles. The minimum atomic E-state index is 0.0668. The number of hydrogen-bond acceptors (Lipinski definition) is 4. The molecule has 0 spiro atoms. The number of carbonyl (C=O) groups excluding carboxylic acids is 1. The second kappa shape index (κ2) is 5.89. The van der Waals surface area contributed by atoms with Gasteiger partial charge in [-0.05, 0) is 54.8 Å². The average molecular weight is 360 g/mol. The van der Waals surface area contributed by atoms with E-state index >= 15 is 0 Å². The van der Waals surface area contributed by atoms with Gasteiger partial charge in [-0.15, -0.1) is 34.0 Å². The van der Waals surface area contributed by atoms with E-state index in [4.69, 9.17) is 0 Å². The van der Waals surface area contributed by atoms with Crippen LogP contribution in [0, 0.1) is 13.8 Å². The van der Waals surface area contributed by atoms with Gasteiger partial charge in [0, 0.05) is 26.1 Å². The summed E-state index contributed by atoms with van der Waals surface area (Å²) < 4.78 is 0. The van der Waals surface area contributed by atoms with Crippen LogP contribution in [0.25, 0.3) is 0 Å². The zero-order chi connectivity index (χ0) is 16.0. The van der Waals surface area contributed by atoms with E-state index in [9.17, 15) is 4.79 Å². The second-order valence-corrected chi connectivity index (χ2v) is 9.23. The average Bonchev–Trinajstić information content (AvgIpc) is 3.25. The van der Waals surface area contributed by atoms with Crippen molar-refractivity contribution in [3.05, 3.63) is 65.7 Å². The fourth-order valence-electron chi connectivity index (χ4n) is 3.29. The fraction of sp³-hybridized carbons (Fsp3) is 0.278. The molecule has 1 amide bonds. The molecule has 118 valence electrons. The summed E-state index contributed by atoms with van der Waals surface area (Å²) >= 11 is 5.25.